The van der Waals surface area contributed by atoms with E-state index in [-0.39, 0.29) is 42.8 Å². The van der Waals surface area contributed by atoms with Crippen molar-refractivity contribution in [3.63, 3.8) is 0 Å². The number of nitrogens with one attached hydrogen (secondary N) is 1. The van der Waals surface area contributed by atoms with Gasteiger partial charge in [0.1, 0.15) is 18.5 Å². The van der Waals surface area contributed by atoms with Crippen LogP contribution in [0, 0.1) is 11.8 Å². The summed E-state index contributed by atoms with van der Waals surface area (Å²) in [5.74, 6) is 0.560. The number of nitrogens with zero attached hydrogens (tertiary/aromatic N) is 2. The molecule has 3 heterocycles. The number of alkyl carbamates (subject to hydrolysis) is 1. The van der Waals surface area contributed by atoms with Gasteiger partial charge in [0.2, 0.25) is 10.0 Å². The maximum absolute atomic E-state index is 14.0. The summed E-state index contributed by atoms with van der Waals surface area (Å²) in [6.45, 7) is 4.85. The van der Waals surface area contributed by atoms with E-state index < -0.39 is 40.7 Å². The van der Waals surface area contributed by atoms with Gasteiger partial charge in [-0.2, -0.15) is 4.31 Å². The van der Waals surface area contributed by atoms with Crippen LogP contribution in [0.3, 0.4) is 0 Å². The van der Waals surface area contributed by atoms with Crippen LogP contribution in [0.2, 0.25) is 0 Å². The standard InChI is InChI=1S/C35H42N4O8S2/c1-22(2)18-39(49(42,43)26-12-13-28-32(17-26)48-34(36)37-28)19-30(40)29(38-35(41)47-31-21-46-33-27(31)14-15-44-33)16-23-8-10-25(11-9-23)45-20-24-6-4-3-5-7-24/h3-13,17,22,27,29-31,33,40H,14-16,18-21H2,1-2H3,(H2,36,37)(H,38,41). The van der Waals surface area contributed by atoms with Crippen LogP contribution in [-0.2, 0) is 37.3 Å². The van der Waals surface area contributed by atoms with E-state index in [1.54, 1.807) is 12.1 Å². The van der Waals surface area contributed by atoms with E-state index in [9.17, 15) is 18.3 Å². The number of aliphatic hydroxyl groups excluding tert-OH is 1. The third-order valence-electron chi connectivity index (χ3n) is 8.61. The molecule has 49 heavy (non-hydrogen) atoms. The van der Waals surface area contributed by atoms with Crippen LogP contribution in [0.25, 0.3) is 10.2 Å². The second-order valence-corrected chi connectivity index (χ2v) is 15.8. The number of amides is 1. The molecule has 0 bridgehead atoms. The molecular weight excluding hydrogens is 669 g/mol. The molecule has 0 radical (unpaired) electrons. The minimum atomic E-state index is -4.05. The quantitative estimate of drug-likeness (QED) is 0.169. The Morgan fingerprint density at radius 3 is 2.61 bits per heavy atom. The molecule has 0 saturated carbocycles. The molecule has 3 aromatic carbocycles. The summed E-state index contributed by atoms with van der Waals surface area (Å²) in [7, 11) is -4.05. The molecule has 5 unspecified atom stereocenters. The third-order valence-corrected chi connectivity index (χ3v) is 11.3. The van der Waals surface area contributed by atoms with Crippen molar-refractivity contribution in [2.24, 2.45) is 11.8 Å². The lowest BCUT2D eigenvalue weighted by Gasteiger charge is -2.31. The average molecular weight is 711 g/mol. The molecule has 2 aliphatic heterocycles. The Hall–Kier alpha value is -3.79. The molecule has 14 heteroatoms. The highest BCUT2D eigenvalue weighted by Crippen LogP contribution is 2.33. The normalized spacial score (nSPS) is 20.4. The average Bonchev–Trinajstić information content (AvgIpc) is 3.80. The fourth-order valence-electron chi connectivity index (χ4n) is 6.12. The summed E-state index contributed by atoms with van der Waals surface area (Å²) in [4.78, 5) is 17.6. The maximum atomic E-state index is 14.0. The number of ether oxygens (including phenoxy) is 4. The zero-order valence-electron chi connectivity index (χ0n) is 27.4. The van der Waals surface area contributed by atoms with E-state index in [4.69, 9.17) is 24.7 Å². The Morgan fingerprint density at radius 2 is 1.86 bits per heavy atom. The number of aliphatic hydroxyl groups is 1. The third kappa shape index (κ3) is 8.69. The molecular formula is C35H42N4O8S2. The number of carbonyl (C=O) groups is 1. The Kier molecular flexibility index (Phi) is 11.0. The van der Waals surface area contributed by atoms with Crippen LogP contribution in [0.15, 0.2) is 77.7 Å². The van der Waals surface area contributed by atoms with Gasteiger partial charge in [-0.05, 0) is 60.2 Å². The van der Waals surface area contributed by atoms with Crippen molar-refractivity contribution >= 4 is 42.8 Å². The number of fused-ring (bicyclic) bond motifs is 2. The minimum absolute atomic E-state index is 0.0477. The van der Waals surface area contributed by atoms with E-state index in [1.807, 2.05) is 68.4 Å². The molecule has 2 fully saturated rings. The SMILES string of the molecule is CC(C)CN(CC(O)C(Cc1ccc(OCc2ccccc2)cc1)NC(=O)OC1COC2OCCC12)S(=O)(=O)c1ccc2nc(N)sc2c1. The zero-order chi connectivity index (χ0) is 34.5. The van der Waals surface area contributed by atoms with Crippen molar-refractivity contribution in [3.05, 3.63) is 83.9 Å². The van der Waals surface area contributed by atoms with Crippen LogP contribution < -0.4 is 15.8 Å². The van der Waals surface area contributed by atoms with E-state index in [0.29, 0.717) is 34.3 Å². The summed E-state index contributed by atoms with van der Waals surface area (Å²) in [6.07, 6.45) is -1.97. The molecule has 0 spiro atoms. The number of thiazole rings is 1. The molecule has 4 aromatic rings. The number of carbonyl (C=O) groups excluding carboxylic acids is 1. The lowest BCUT2D eigenvalue weighted by Crippen LogP contribution is -2.51. The van der Waals surface area contributed by atoms with E-state index in [2.05, 4.69) is 10.3 Å². The van der Waals surface area contributed by atoms with E-state index in [1.165, 1.54) is 21.7 Å². The highest BCUT2D eigenvalue weighted by atomic mass is 32.2. The fraction of sp³-hybridized carbons (Fsp3) is 0.429. The van der Waals surface area contributed by atoms with E-state index >= 15 is 0 Å². The monoisotopic (exact) mass is 710 g/mol. The first kappa shape index (κ1) is 35.1. The number of aromatic nitrogens is 1. The first-order valence-electron chi connectivity index (χ1n) is 16.4. The molecule has 12 nitrogen and oxygen atoms in total. The van der Waals surface area contributed by atoms with Crippen LogP contribution in [-0.4, -0.2) is 79.7 Å². The Balaban J connectivity index is 1.19. The van der Waals surface area contributed by atoms with Gasteiger partial charge in [0.25, 0.3) is 0 Å². The first-order valence-corrected chi connectivity index (χ1v) is 18.6. The molecule has 5 atom stereocenters. The van der Waals surface area contributed by atoms with Gasteiger partial charge in [-0.3, -0.25) is 0 Å². The largest absolute Gasteiger partial charge is 0.489 e. The number of hydrogen-bond acceptors (Lipinski definition) is 11. The lowest BCUT2D eigenvalue weighted by atomic mass is 10.0. The smallest absolute Gasteiger partial charge is 0.407 e. The number of benzene rings is 3. The second kappa shape index (κ2) is 15.4. The Bertz CT molecular complexity index is 1820. The van der Waals surface area contributed by atoms with Crippen LogP contribution >= 0.6 is 11.3 Å². The molecule has 1 aromatic heterocycles. The Morgan fingerprint density at radius 1 is 1.08 bits per heavy atom. The summed E-state index contributed by atoms with van der Waals surface area (Å²) in [5, 5.41) is 14.9. The molecule has 0 aliphatic carbocycles. The van der Waals surface area contributed by atoms with Crippen molar-refractivity contribution in [2.75, 3.05) is 32.0 Å². The number of rotatable bonds is 14. The van der Waals surface area contributed by atoms with Gasteiger partial charge in [-0.1, -0.05) is 67.6 Å². The van der Waals surface area contributed by atoms with Gasteiger partial charge in [-0.15, -0.1) is 0 Å². The zero-order valence-corrected chi connectivity index (χ0v) is 29.1. The number of anilines is 1. The summed E-state index contributed by atoms with van der Waals surface area (Å²) in [5.41, 5.74) is 8.30. The Labute approximate surface area is 290 Å². The van der Waals surface area contributed by atoms with Gasteiger partial charge in [0.05, 0.1) is 46.4 Å². The van der Waals surface area contributed by atoms with Crippen molar-refractivity contribution < 1.29 is 37.3 Å². The fourth-order valence-corrected chi connectivity index (χ4v) is 8.61. The molecule has 2 aliphatic rings. The second-order valence-electron chi connectivity index (χ2n) is 12.8. The van der Waals surface area contributed by atoms with Gasteiger partial charge < -0.3 is 35.1 Å². The predicted molar refractivity (Wildman–Crippen MR) is 186 cm³/mol. The first-order chi connectivity index (χ1) is 23.5. The number of nitrogens with two attached hydrogens (primary N) is 1. The lowest BCUT2D eigenvalue weighted by molar-refractivity contribution is -0.0907. The maximum Gasteiger partial charge on any atom is 0.407 e. The minimum Gasteiger partial charge on any atom is -0.489 e. The van der Waals surface area contributed by atoms with Gasteiger partial charge in [0, 0.05) is 13.1 Å². The van der Waals surface area contributed by atoms with Crippen LogP contribution in [0.5, 0.6) is 5.75 Å². The van der Waals surface area contributed by atoms with E-state index in [0.717, 1.165) is 17.5 Å². The summed E-state index contributed by atoms with van der Waals surface area (Å²) < 4.78 is 52.8. The summed E-state index contributed by atoms with van der Waals surface area (Å²) >= 11 is 1.20. The van der Waals surface area contributed by atoms with Crippen LogP contribution in [0.4, 0.5) is 9.93 Å². The van der Waals surface area contributed by atoms with Gasteiger partial charge in [0.15, 0.2) is 11.4 Å². The highest BCUT2D eigenvalue weighted by molar-refractivity contribution is 7.89. The molecule has 4 N–H and O–H groups in total. The molecule has 1 amide bonds. The topological polar surface area (TPSA) is 163 Å². The highest BCUT2D eigenvalue weighted by Gasteiger charge is 2.44. The molecule has 2 saturated heterocycles. The van der Waals surface area contributed by atoms with Crippen LogP contribution in [0.1, 0.15) is 31.4 Å². The predicted octanol–water partition coefficient (Wildman–Crippen LogP) is 4.56. The van der Waals surface area contributed by atoms with Crippen molar-refractivity contribution in [3.8, 4) is 5.75 Å². The van der Waals surface area contributed by atoms with Gasteiger partial charge in [-0.25, -0.2) is 18.2 Å². The van der Waals surface area contributed by atoms with Crippen molar-refractivity contribution in [1.82, 2.24) is 14.6 Å². The number of hydrogen-bond donors (Lipinski definition) is 3. The summed E-state index contributed by atoms with van der Waals surface area (Å²) in [6, 6.07) is 21.0. The number of sulfonamides is 1. The number of nitrogen functional groups attached to an aromatic ring is 1. The molecule has 6 rings (SSSR count). The van der Waals surface area contributed by atoms with Crippen molar-refractivity contribution in [1.29, 1.82) is 0 Å². The van der Waals surface area contributed by atoms with Crippen molar-refractivity contribution in [2.45, 2.75) is 62.7 Å². The van der Waals surface area contributed by atoms with Gasteiger partial charge >= 0.3 is 6.09 Å². The molecule has 262 valence electrons.